The highest BCUT2D eigenvalue weighted by atomic mass is 19.2. The van der Waals surface area contributed by atoms with Gasteiger partial charge in [0.25, 0.3) is 5.91 Å². The van der Waals surface area contributed by atoms with E-state index in [0.29, 0.717) is 5.56 Å². The molecule has 1 aliphatic rings. The van der Waals surface area contributed by atoms with Crippen LogP contribution in [0.2, 0.25) is 0 Å². The van der Waals surface area contributed by atoms with Crippen LogP contribution in [0.1, 0.15) is 16.5 Å². The van der Waals surface area contributed by atoms with Crippen LogP contribution in [0.15, 0.2) is 54.9 Å². The highest BCUT2D eigenvalue weighted by Crippen LogP contribution is 2.32. The van der Waals surface area contributed by atoms with Crippen molar-refractivity contribution in [2.24, 2.45) is 0 Å². The SMILES string of the molecule is CN(C(=O)c1cn(-c2ccc(F)c(F)c2)nn1)[C@@H]1OC(CO)[C@H](O)[C@H](n2cc(-c3cccc(F)c3)nn2)C1O. The Labute approximate surface area is 218 Å². The molecular weight excluding hydrogens is 523 g/mol. The Morgan fingerprint density at radius 1 is 1.03 bits per heavy atom. The molecule has 1 aliphatic heterocycles. The van der Waals surface area contributed by atoms with Crippen LogP contribution in [-0.2, 0) is 4.74 Å². The minimum absolute atomic E-state index is 0.112. The van der Waals surface area contributed by atoms with Crippen LogP contribution in [0.5, 0.6) is 0 Å². The molecule has 4 aromatic rings. The molecule has 12 nitrogen and oxygen atoms in total. The zero-order valence-electron chi connectivity index (χ0n) is 20.2. The van der Waals surface area contributed by atoms with Crippen molar-refractivity contribution in [1.82, 2.24) is 34.9 Å². The van der Waals surface area contributed by atoms with E-state index in [1.54, 1.807) is 6.07 Å². The van der Waals surface area contributed by atoms with Gasteiger partial charge in [0.1, 0.15) is 35.9 Å². The molecule has 3 heterocycles. The first-order chi connectivity index (χ1) is 18.7. The lowest BCUT2D eigenvalue weighted by molar-refractivity contribution is -0.235. The Kier molecular flexibility index (Phi) is 7.14. The lowest BCUT2D eigenvalue weighted by atomic mass is 9.95. The van der Waals surface area contributed by atoms with E-state index in [0.717, 1.165) is 26.4 Å². The first-order valence-electron chi connectivity index (χ1n) is 11.6. The molecule has 204 valence electrons. The van der Waals surface area contributed by atoms with Crippen LogP contribution < -0.4 is 0 Å². The van der Waals surface area contributed by atoms with Crippen molar-refractivity contribution in [1.29, 1.82) is 0 Å². The number of carbonyl (C=O) groups is 1. The topological polar surface area (TPSA) is 152 Å². The highest BCUT2D eigenvalue weighted by molar-refractivity contribution is 5.92. The van der Waals surface area contributed by atoms with Crippen LogP contribution in [0.3, 0.4) is 0 Å². The minimum Gasteiger partial charge on any atom is -0.394 e. The van der Waals surface area contributed by atoms with Gasteiger partial charge in [0, 0.05) is 18.7 Å². The lowest BCUT2D eigenvalue weighted by Gasteiger charge is -2.44. The number of amides is 1. The fraction of sp³-hybridized carbons (Fsp3) is 0.292. The summed E-state index contributed by atoms with van der Waals surface area (Å²) < 4.78 is 48.4. The molecule has 5 atom stereocenters. The summed E-state index contributed by atoms with van der Waals surface area (Å²) in [4.78, 5) is 14.2. The second-order valence-electron chi connectivity index (χ2n) is 8.88. The fourth-order valence-corrected chi connectivity index (χ4v) is 4.33. The Bertz CT molecular complexity index is 1500. The van der Waals surface area contributed by atoms with Gasteiger partial charge in [0.05, 0.1) is 24.7 Å². The summed E-state index contributed by atoms with van der Waals surface area (Å²) in [5, 5.41) is 47.3. The largest absolute Gasteiger partial charge is 0.394 e. The number of aliphatic hydroxyl groups is 3. The van der Waals surface area contributed by atoms with Gasteiger partial charge in [0.2, 0.25) is 0 Å². The van der Waals surface area contributed by atoms with Gasteiger partial charge in [-0.25, -0.2) is 22.5 Å². The molecular formula is C24H22F3N7O5. The number of hydrogen-bond donors (Lipinski definition) is 3. The summed E-state index contributed by atoms with van der Waals surface area (Å²) in [7, 11) is 1.30. The maximum atomic E-state index is 13.7. The fourth-order valence-electron chi connectivity index (χ4n) is 4.33. The second kappa shape index (κ2) is 10.5. The molecule has 1 amide bonds. The van der Waals surface area contributed by atoms with Crippen molar-refractivity contribution in [3.63, 3.8) is 0 Å². The summed E-state index contributed by atoms with van der Waals surface area (Å²) in [5.41, 5.74) is 0.566. The summed E-state index contributed by atoms with van der Waals surface area (Å²) >= 11 is 0. The zero-order valence-corrected chi connectivity index (χ0v) is 20.2. The van der Waals surface area contributed by atoms with Crippen molar-refractivity contribution in [2.75, 3.05) is 13.7 Å². The molecule has 2 unspecified atom stereocenters. The van der Waals surface area contributed by atoms with Gasteiger partial charge < -0.3 is 25.0 Å². The number of aromatic nitrogens is 6. The van der Waals surface area contributed by atoms with Gasteiger partial charge in [-0.05, 0) is 24.3 Å². The molecule has 1 fully saturated rings. The Morgan fingerprint density at radius 2 is 1.82 bits per heavy atom. The van der Waals surface area contributed by atoms with Gasteiger partial charge in [-0.15, -0.1) is 10.2 Å². The Balaban J connectivity index is 1.40. The number of hydrogen-bond acceptors (Lipinski definition) is 9. The van der Waals surface area contributed by atoms with Crippen LogP contribution in [0.4, 0.5) is 13.2 Å². The summed E-state index contributed by atoms with van der Waals surface area (Å²) in [5.74, 6) is -3.42. The molecule has 5 rings (SSSR count). The van der Waals surface area contributed by atoms with E-state index < -0.39 is 60.5 Å². The van der Waals surface area contributed by atoms with Crippen molar-refractivity contribution in [3.05, 3.63) is 78.0 Å². The van der Waals surface area contributed by atoms with Crippen LogP contribution in [0, 0.1) is 17.5 Å². The monoisotopic (exact) mass is 545 g/mol. The molecule has 2 aromatic heterocycles. The van der Waals surface area contributed by atoms with E-state index in [2.05, 4.69) is 20.6 Å². The smallest absolute Gasteiger partial charge is 0.277 e. The molecule has 0 saturated carbocycles. The van der Waals surface area contributed by atoms with E-state index in [4.69, 9.17) is 4.74 Å². The third-order valence-corrected chi connectivity index (χ3v) is 6.39. The third kappa shape index (κ3) is 4.99. The average molecular weight is 545 g/mol. The number of carbonyl (C=O) groups excluding carboxylic acids is 1. The molecule has 2 aromatic carbocycles. The molecule has 0 bridgehead atoms. The van der Waals surface area contributed by atoms with E-state index in [1.807, 2.05) is 0 Å². The zero-order chi connectivity index (χ0) is 27.8. The number of nitrogens with zero attached hydrogens (tertiary/aromatic N) is 7. The van der Waals surface area contributed by atoms with E-state index in [9.17, 15) is 33.3 Å². The number of rotatable bonds is 6. The number of ether oxygens (including phenoxy) is 1. The highest BCUT2D eigenvalue weighted by Gasteiger charge is 2.48. The third-order valence-electron chi connectivity index (χ3n) is 6.39. The Hall–Kier alpha value is -4.18. The molecule has 1 saturated heterocycles. The number of halogens is 3. The maximum Gasteiger partial charge on any atom is 0.277 e. The lowest BCUT2D eigenvalue weighted by Crippen LogP contribution is -2.61. The van der Waals surface area contributed by atoms with Crippen LogP contribution in [0.25, 0.3) is 16.9 Å². The van der Waals surface area contributed by atoms with Crippen LogP contribution >= 0.6 is 0 Å². The van der Waals surface area contributed by atoms with Gasteiger partial charge in [-0.2, -0.15) is 0 Å². The first kappa shape index (κ1) is 26.4. The normalized spacial score (nSPS) is 23.1. The van der Waals surface area contributed by atoms with Crippen molar-refractivity contribution >= 4 is 5.91 Å². The van der Waals surface area contributed by atoms with E-state index in [1.165, 1.54) is 43.7 Å². The predicted molar refractivity (Wildman–Crippen MR) is 126 cm³/mol. The molecule has 15 heteroatoms. The van der Waals surface area contributed by atoms with Crippen molar-refractivity contribution in [3.8, 4) is 16.9 Å². The number of likely N-dealkylation sites (N-methyl/N-ethyl adjacent to an activating group) is 1. The summed E-state index contributed by atoms with van der Waals surface area (Å²) in [6, 6.07) is 7.40. The second-order valence-corrected chi connectivity index (χ2v) is 8.88. The Morgan fingerprint density at radius 3 is 2.54 bits per heavy atom. The molecule has 39 heavy (non-hydrogen) atoms. The molecule has 0 spiro atoms. The van der Waals surface area contributed by atoms with E-state index >= 15 is 0 Å². The van der Waals surface area contributed by atoms with E-state index in [-0.39, 0.29) is 17.1 Å². The number of benzene rings is 2. The molecule has 3 N–H and O–H groups in total. The van der Waals surface area contributed by atoms with Gasteiger partial charge in [-0.1, -0.05) is 22.6 Å². The van der Waals surface area contributed by atoms with Gasteiger partial charge >= 0.3 is 0 Å². The summed E-state index contributed by atoms with van der Waals surface area (Å²) in [6.45, 7) is -0.652. The van der Waals surface area contributed by atoms with Crippen LogP contribution in [-0.4, -0.2) is 94.3 Å². The standard InChI is InChI=1S/C24H22F3N7O5/c1-32(23(38)18-10-33(30-29-18)14-5-6-15(26)16(27)8-14)24-22(37)20(21(36)19(11-35)39-24)34-9-17(28-31-34)12-3-2-4-13(25)7-12/h2-10,19-22,24,35-37H,11H2,1H3/t19?,20-,21-,22?,24+/m0/s1. The van der Waals surface area contributed by atoms with Crippen molar-refractivity contribution < 1.29 is 38.0 Å². The minimum atomic E-state index is -1.57. The van der Waals surface area contributed by atoms with Crippen molar-refractivity contribution in [2.45, 2.75) is 30.6 Å². The quantitative estimate of drug-likeness (QED) is 0.318. The summed E-state index contributed by atoms with van der Waals surface area (Å²) in [6.07, 6.45) is -3.07. The maximum absolute atomic E-state index is 13.7. The van der Waals surface area contributed by atoms with Gasteiger partial charge in [-0.3, -0.25) is 4.79 Å². The molecule has 0 aliphatic carbocycles. The average Bonchev–Trinajstić information content (AvgIpc) is 3.61. The van der Waals surface area contributed by atoms with Gasteiger partial charge in [0.15, 0.2) is 23.6 Å². The first-order valence-corrected chi connectivity index (χ1v) is 11.6. The number of aliphatic hydroxyl groups excluding tert-OH is 3. The molecule has 0 radical (unpaired) electrons. The predicted octanol–water partition coefficient (Wildman–Crippen LogP) is 0.695.